The third kappa shape index (κ3) is 3.49. The largest absolute Gasteiger partial charge is 0.487 e. The molecule has 0 bridgehead atoms. The van der Waals surface area contributed by atoms with E-state index in [2.05, 4.69) is 37.8 Å². The lowest BCUT2D eigenvalue weighted by atomic mass is 9.75. The van der Waals surface area contributed by atoms with Crippen molar-refractivity contribution >= 4 is 5.97 Å². The third-order valence-corrected chi connectivity index (χ3v) is 6.89. The molecule has 2 aromatic rings. The molecule has 1 aliphatic heterocycles. The number of aliphatic carboxylic acids is 1. The van der Waals surface area contributed by atoms with Gasteiger partial charge in [-0.1, -0.05) is 37.8 Å². The van der Waals surface area contributed by atoms with E-state index in [1.807, 2.05) is 24.3 Å². The van der Waals surface area contributed by atoms with Gasteiger partial charge in [-0.3, -0.25) is 4.79 Å². The highest BCUT2D eigenvalue weighted by molar-refractivity contribution is 5.75. The van der Waals surface area contributed by atoms with Crippen LogP contribution in [-0.2, 0) is 10.2 Å². The second kappa shape index (κ2) is 6.64. The first-order valence-corrected chi connectivity index (χ1v) is 11.0. The molecule has 1 N–H and O–H groups in total. The van der Waals surface area contributed by atoms with E-state index in [1.54, 1.807) is 6.92 Å². The summed E-state index contributed by atoms with van der Waals surface area (Å²) in [6.07, 6.45) is 5.92. The van der Waals surface area contributed by atoms with Crippen LogP contribution in [0.2, 0.25) is 0 Å². The van der Waals surface area contributed by atoms with Gasteiger partial charge in [-0.05, 0) is 85.8 Å². The lowest BCUT2D eigenvalue weighted by Gasteiger charge is -2.39. The van der Waals surface area contributed by atoms with Crippen LogP contribution in [0, 0.1) is 11.8 Å². The number of hydrogen-bond donors (Lipinski definition) is 1. The molecule has 0 amide bonds. The number of benzene rings is 2. The summed E-state index contributed by atoms with van der Waals surface area (Å²) < 4.78 is 6.57. The molecule has 1 heterocycles. The fourth-order valence-electron chi connectivity index (χ4n) is 4.75. The van der Waals surface area contributed by atoms with E-state index in [0.717, 1.165) is 28.9 Å². The van der Waals surface area contributed by atoms with Crippen LogP contribution < -0.4 is 4.74 Å². The van der Waals surface area contributed by atoms with Crippen molar-refractivity contribution in [1.82, 2.24) is 0 Å². The van der Waals surface area contributed by atoms with E-state index in [9.17, 15) is 4.79 Å². The van der Waals surface area contributed by atoms with Gasteiger partial charge in [-0.25, -0.2) is 0 Å². The van der Waals surface area contributed by atoms with Crippen molar-refractivity contribution in [3.8, 4) is 17.6 Å². The topological polar surface area (TPSA) is 46.5 Å². The molecular formula is C27H28O3. The zero-order chi connectivity index (χ0) is 21.1. The lowest BCUT2D eigenvalue weighted by molar-refractivity contribution is -0.138. The molecule has 3 aliphatic rings. The van der Waals surface area contributed by atoms with E-state index in [1.165, 1.54) is 36.8 Å². The molecular weight excluding hydrogens is 372 g/mol. The van der Waals surface area contributed by atoms with Crippen molar-refractivity contribution < 1.29 is 14.6 Å². The number of rotatable bonds is 3. The molecule has 2 saturated carbocycles. The number of carboxylic acids is 1. The van der Waals surface area contributed by atoms with Crippen LogP contribution in [0.3, 0.4) is 0 Å². The maximum atomic E-state index is 11.2. The molecule has 2 aliphatic carbocycles. The van der Waals surface area contributed by atoms with Gasteiger partial charge in [-0.15, -0.1) is 0 Å². The van der Waals surface area contributed by atoms with Crippen LogP contribution in [0.1, 0.15) is 92.5 Å². The predicted octanol–water partition coefficient (Wildman–Crippen LogP) is 5.74. The predicted molar refractivity (Wildman–Crippen MR) is 117 cm³/mol. The van der Waals surface area contributed by atoms with Crippen LogP contribution in [0.5, 0.6) is 5.75 Å². The Morgan fingerprint density at radius 3 is 2.37 bits per heavy atom. The lowest BCUT2D eigenvalue weighted by Crippen LogP contribution is -2.36. The normalized spacial score (nSPS) is 21.0. The van der Waals surface area contributed by atoms with Crippen molar-refractivity contribution in [2.75, 3.05) is 0 Å². The minimum Gasteiger partial charge on any atom is -0.487 e. The van der Waals surface area contributed by atoms with Crippen LogP contribution in [-0.4, -0.2) is 16.7 Å². The molecule has 154 valence electrons. The molecule has 30 heavy (non-hydrogen) atoms. The highest BCUT2D eigenvalue weighted by Gasteiger charge is 2.54. The second-order valence-electron chi connectivity index (χ2n) is 9.99. The zero-order valence-electron chi connectivity index (χ0n) is 17.9. The van der Waals surface area contributed by atoms with Gasteiger partial charge >= 0.3 is 5.97 Å². The minimum atomic E-state index is -0.812. The Labute approximate surface area is 178 Å². The van der Waals surface area contributed by atoms with Gasteiger partial charge in [0, 0.05) is 16.7 Å². The Morgan fingerprint density at radius 2 is 1.77 bits per heavy atom. The van der Waals surface area contributed by atoms with Crippen molar-refractivity contribution in [2.24, 2.45) is 0 Å². The Bertz CT molecular complexity index is 1070. The molecule has 0 aromatic heterocycles. The van der Waals surface area contributed by atoms with Gasteiger partial charge in [0.05, 0.1) is 5.92 Å². The van der Waals surface area contributed by atoms with Gasteiger partial charge < -0.3 is 9.84 Å². The van der Waals surface area contributed by atoms with Crippen molar-refractivity contribution in [3.05, 3.63) is 64.2 Å². The summed E-state index contributed by atoms with van der Waals surface area (Å²) in [6, 6.07) is 12.0. The van der Waals surface area contributed by atoms with Crippen LogP contribution in [0.15, 0.2) is 36.4 Å². The van der Waals surface area contributed by atoms with Gasteiger partial charge in [0.15, 0.2) is 0 Å². The highest BCUT2D eigenvalue weighted by Crippen LogP contribution is 2.58. The molecule has 1 spiro atoms. The molecule has 2 fully saturated rings. The second-order valence-corrected chi connectivity index (χ2v) is 9.99. The average Bonchev–Trinajstić information content (AvgIpc) is 3.63. The maximum absolute atomic E-state index is 11.2. The number of carboxylic acid groups (broad SMARTS) is 1. The van der Waals surface area contributed by atoms with Gasteiger partial charge in [0.2, 0.25) is 0 Å². The summed E-state index contributed by atoms with van der Waals surface area (Å²) in [4.78, 5) is 11.2. The Balaban J connectivity index is 1.48. The Kier molecular flexibility index (Phi) is 4.26. The number of carbonyl (C=O) groups is 1. The first kappa shape index (κ1) is 19.2. The van der Waals surface area contributed by atoms with Gasteiger partial charge in [0.1, 0.15) is 11.4 Å². The average molecular weight is 401 g/mol. The maximum Gasteiger partial charge on any atom is 0.310 e. The fourth-order valence-corrected chi connectivity index (χ4v) is 4.75. The summed E-state index contributed by atoms with van der Waals surface area (Å²) in [7, 11) is 0. The molecule has 3 nitrogen and oxygen atoms in total. The zero-order valence-corrected chi connectivity index (χ0v) is 17.9. The van der Waals surface area contributed by atoms with E-state index in [-0.39, 0.29) is 11.0 Å². The molecule has 5 rings (SSSR count). The standard InChI is InChI=1S/C27H28O3/c1-17(25(28)29)20-8-6-18(7-9-20)4-5-19-14-22(21-10-11-21)24-23(15-19)26(2,3)16-27(30-24)12-13-27/h6-9,14-15,17,21H,10-13,16H2,1-3H3,(H,28,29). The molecule has 0 radical (unpaired) electrons. The highest BCUT2D eigenvalue weighted by atomic mass is 16.5. The van der Waals surface area contributed by atoms with Gasteiger partial charge in [0.25, 0.3) is 0 Å². The monoisotopic (exact) mass is 400 g/mol. The van der Waals surface area contributed by atoms with E-state index >= 15 is 0 Å². The summed E-state index contributed by atoms with van der Waals surface area (Å²) in [5, 5.41) is 9.17. The number of hydrogen-bond acceptors (Lipinski definition) is 2. The van der Waals surface area contributed by atoms with Crippen molar-refractivity contribution in [3.63, 3.8) is 0 Å². The molecule has 0 saturated heterocycles. The van der Waals surface area contributed by atoms with Crippen LogP contribution in [0.25, 0.3) is 0 Å². The van der Waals surface area contributed by atoms with Crippen LogP contribution >= 0.6 is 0 Å². The quantitative estimate of drug-likeness (QED) is 0.668. The van der Waals surface area contributed by atoms with Crippen molar-refractivity contribution in [2.45, 2.75) is 75.7 Å². The fraction of sp³-hybridized carbons (Fsp3) is 0.444. The van der Waals surface area contributed by atoms with E-state index in [0.29, 0.717) is 5.92 Å². The molecule has 3 heteroatoms. The smallest absolute Gasteiger partial charge is 0.310 e. The summed E-state index contributed by atoms with van der Waals surface area (Å²) in [5.41, 5.74) is 5.57. The number of ether oxygens (including phenoxy) is 1. The van der Waals surface area contributed by atoms with Gasteiger partial charge in [-0.2, -0.15) is 0 Å². The molecule has 1 unspecified atom stereocenters. The first-order valence-electron chi connectivity index (χ1n) is 11.0. The Morgan fingerprint density at radius 1 is 1.10 bits per heavy atom. The van der Waals surface area contributed by atoms with Crippen LogP contribution in [0.4, 0.5) is 0 Å². The first-order chi connectivity index (χ1) is 14.3. The third-order valence-electron chi connectivity index (χ3n) is 6.89. The molecule has 2 aromatic carbocycles. The van der Waals surface area contributed by atoms with E-state index in [4.69, 9.17) is 9.84 Å². The van der Waals surface area contributed by atoms with E-state index < -0.39 is 11.9 Å². The number of fused-ring (bicyclic) bond motifs is 1. The summed E-state index contributed by atoms with van der Waals surface area (Å²) >= 11 is 0. The summed E-state index contributed by atoms with van der Waals surface area (Å²) in [6.45, 7) is 6.38. The molecule has 1 atom stereocenters. The Hall–Kier alpha value is -2.73. The summed E-state index contributed by atoms with van der Waals surface area (Å²) in [5.74, 6) is 7.06. The van der Waals surface area contributed by atoms with Crippen molar-refractivity contribution in [1.29, 1.82) is 0 Å². The minimum absolute atomic E-state index is 0.0855. The SMILES string of the molecule is CC(C(=O)O)c1ccc(C#Cc2cc(C3CC3)c3c(c2)C(C)(C)CC2(CC2)O3)cc1.